The summed E-state index contributed by atoms with van der Waals surface area (Å²) in [6, 6.07) is 17.4. The Morgan fingerprint density at radius 3 is 2.73 bits per heavy atom. The molecule has 0 bridgehead atoms. The molecule has 0 atom stereocenters. The molecule has 0 spiro atoms. The summed E-state index contributed by atoms with van der Waals surface area (Å²) < 4.78 is 33.6. The molecule has 9 heteroatoms. The van der Waals surface area contributed by atoms with E-state index < -0.39 is 10.0 Å². The molecule has 0 aliphatic rings. The fraction of sp³-hybridized carbons (Fsp3) is 0.143. The highest BCUT2D eigenvalue weighted by Crippen LogP contribution is 2.31. The number of carbonyl (C=O) groups excluding carboxylic acids is 1. The third kappa shape index (κ3) is 4.28. The predicted octanol–water partition coefficient (Wildman–Crippen LogP) is 3.78. The molecule has 2 aromatic heterocycles. The number of amides is 1. The van der Waals surface area contributed by atoms with Crippen molar-refractivity contribution in [2.24, 2.45) is 0 Å². The minimum atomic E-state index is -3.63. The number of hydrogen-bond donors (Lipinski definition) is 2. The molecule has 1 amide bonds. The molecule has 0 aliphatic heterocycles. The number of carbonyl (C=O) groups is 1. The lowest BCUT2D eigenvalue weighted by Crippen LogP contribution is -2.25. The number of benzene rings is 2. The van der Waals surface area contributed by atoms with Crippen molar-refractivity contribution in [3.63, 3.8) is 0 Å². The quantitative estimate of drug-likeness (QED) is 0.454. The summed E-state index contributed by atoms with van der Waals surface area (Å²) in [5, 5.41) is 3.53. The van der Waals surface area contributed by atoms with Gasteiger partial charge >= 0.3 is 0 Å². The van der Waals surface area contributed by atoms with Gasteiger partial charge in [-0.2, -0.15) is 0 Å². The number of para-hydroxylation sites is 1. The van der Waals surface area contributed by atoms with Crippen LogP contribution in [0.4, 0.5) is 0 Å². The lowest BCUT2D eigenvalue weighted by molar-refractivity contribution is 0.0948. The molecular formula is C21H19N3O4S2. The highest BCUT2D eigenvalue weighted by Gasteiger charge is 2.16. The Bertz CT molecular complexity index is 1280. The van der Waals surface area contributed by atoms with Crippen LogP contribution in [-0.4, -0.2) is 25.9 Å². The zero-order valence-electron chi connectivity index (χ0n) is 16.1. The molecule has 0 saturated carbocycles. The van der Waals surface area contributed by atoms with Crippen LogP contribution < -0.4 is 10.0 Å². The van der Waals surface area contributed by atoms with Crippen LogP contribution in [0.2, 0.25) is 0 Å². The smallest absolute Gasteiger partial charge is 0.251 e. The first-order valence-corrected chi connectivity index (χ1v) is 11.6. The minimum absolute atomic E-state index is 0.0492. The number of fused-ring (bicyclic) bond motifs is 1. The highest BCUT2D eigenvalue weighted by atomic mass is 32.2. The maximum atomic E-state index is 12.5. The number of hydrogen-bond acceptors (Lipinski definition) is 6. The van der Waals surface area contributed by atoms with Crippen molar-refractivity contribution in [2.45, 2.75) is 18.4 Å². The molecular weight excluding hydrogens is 422 g/mol. The van der Waals surface area contributed by atoms with Crippen LogP contribution in [-0.2, 0) is 16.6 Å². The van der Waals surface area contributed by atoms with Gasteiger partial charge in [-0.3, -0.25) is 4.79 Å². The summed E-state index contributed by atoms with van der Waals surface area (Å²) in [5.74, 6) is 0.828. The summed E-state index contributed by atoms with van der Waals surface area (Å²) in [7, 11) is -3.63. The summed E-state index contributed by atoms with van der Waals surface area (Å²) in [6.45, 7) is 2.14. The number of thiazole rings is 1. The zero-order chi connectivity index (χ0) is 21.1. The number of nitrogens with one attached hydrogen (secondary N) is 2. The normalized spacial score (nSPS) is 11.6. The van der Waals surface area contributed by atoms with Crippen LogP contribution in [0.5, 0.6) is 0 Å². The third-order valence-corrected chi connectivity index (χ3v) is 6.92. The van der Waals surface area contributed by atoms with E-state index in [0.29, 0.717) is 11.5 Å². The largest absolute Gasteiger partial charge is 0.457 e. The monoisotopic (exact) mass is 441 g/mol. The second-order valence-corrected chi connectivity index (χ2v) is 9.26. The first-order chi connectivity index (χ1) is 14.5. The van der Waals surface area contributed by atoms with Crippen molar-refractivity contribution in [2.75, 3.05) is 6.54 Å². The van der Waals surface area contributed by atoms with Gasteiger partial charge in [0.1, 0.15) is 5.76 Å². The van der Waals surface area contributed by atoms with Crippen LogP contribution in [0, 0.1) is 0 Å². The Morgan fingerprint density at radius 1 is 1.10 bits per heavy atom. The van der Waals surface area contributed by atoms with E-state index >= 15 is 0 Å². The van der Waals surface area contributed by atoms with E-state index in [2.05, 4.69) is 15.0 Å². The Hall–Kier alpha value is -3.01. The Morgan fingerprint density at radius 2 is 1.93 bits per heavy atom. The molecule has 0 aliphatic carbocycles. The summed E-state index contributed by atoms with van der Waals surface area (Å²) in [4.78, 5) is 17.1. The van der Waals surface area contributed by atoms with Gasteiger partial charge in [0.15, 0.2) is 10.8 Å². The molecule has 4 rings (SSSR count). The predicted molar refractivity (Wildman–Crippen MR) is 116 cm³/mol. The van der Waals surface area contributed by atoms with Crippen LogP contribution in [0.25, 0.3) is 21.0 Å². The van der Waals surface area contributed by atoms with E-state index in [1.807, 2.05) is 30.3 Å². The Labute approximate surface area is 177 Å². The molecule has 30 heavy (non-hydrogen) atoms. The average molecular weight is 442 g/mol. The summed E-state index contributed by atoms with van der Waals surface area (Å²) in [6.07, 6.45) is 0. The molecule has 0 saturated heterocycles. The standard InChI is InChI=1S/C21H19N3O4S2/c1-2-23-30(26,27)16-7-5-6-14(12-16)20(25)22-13-15-10-11-18(28-15)21-24-17-8-3-4-9-19(17)29-21/h3-12,23H,2,13H2,1H3,(H,22,25). The van der Waals surface area contributed by atoms with Gasteiger partial charge in [0.2, 0.25) is 10.0 Å². The average Bonchev–Trinajstić information content (AvgIpc) is 3.39. The molecule has 0 radical (unpaired) electrons. The van der Waals surface area contributed by atoms with Crippen LogP contribution >= 0.6 is 11.3 Å². The van der Waals surface area contributed by atoms with Crippen molar-refractivity contribution in [3.8, 4) is 10.8 Å². The zero-order valence-corrected chi connectivity index (χ0v) is 17.7. The summed E-state index contributed by atoms with van der Waals surface area (Å²) in [5.41, 5.74) is 1.17. The van der Waals surface area contributed by atoms with E-state index in [-0.39, 0.29) is 29.5 Å². The number of sulfonamides is 1. The van der Waals surface area contributed by atoms with Crippen molar-refractivity contribution in [3.05, 3.63) is 72.0 Å². The van der Waals surface area contributed by atoms with E-state index in [9.17, 15) is 13.2 Å². The van der Waals surface area contributed by atoms with Gasteiger partial charge in [0.05, 0.1) is 21.7 Å². The minimum Gasteiger partial charge on any atom is -0.457 e. The van der Waals surface area contributed by atoms with Gasteiger partial charge in [0.25, 0.3) is 5.91 Å². The second-order valence-electron chi connectivity index (χ2n) is 6.46. The molecule has 7 nitrogen and oxygen atoms in total. The molecule has 0 unspecified atom stereocenters. The molecule has 0 fully saturated rings. The van der Waals surface area contributed by atoms with Gasteiger partial charge in [-0.25, -0.2) is 18.1 Å². The SMILES string of the molecule is CCNS(=O)(=O)c1cccc(C(=O)NCc2ccc(-c3nc4ccccc4s3)o2)c1. The van der Waals surface area contributed by atoms with Crippen molar-refractivity contribution >= 4 is 37.5 Å². The van der Waals surface area contributed by atoms with Gasteiger partial charge in [0, 0.05) is 12.1 Å². The first-order valence-electron chi connectivity index (χ1n) is 9.29. The van der Waals surface area contributed by atoms with Gasteiger partial charge in [-0.05, 0) is 42.5 Å². The molecule has 4 aromatic rings. The number of nitrogens with zero attached hydrogens (tertiary/aromatic N) is 1. The number of aromatic nitrogens is 1. The second kappa shape index (κ2) is 8.39. The lowest BCUT2D eigenvalue weighted by atomic mass is 10.2. The van der Waals surface area contributed by atoms with E-state index in [1.54, 1.807) is 19.1 Å². The third-order valence-electron chi connectivity index (χ3n) is 4.33. The molecule has 2 aromatic carbocycles. The Kier molecular flexibility index (Phi) is 5.67. The topological polar surface area (TPSA) is 101 Å². The van der Waals surface area contributed by atoms with E-state index in [4.69, 9.17) is 4.42 Å². The van der Waals surface area contributed by atoms with E-state index in [1.165, 1.54) is 29.5 Å². The maximum Gasteiger partial charge on any atom is 0.251 e. The van der Waals surface area contributed by atoms with Crippen molar-refractivity contribution < 1.29 is 17.6 Å². The maximum absolute atomic E-state index is 12.5. The summed E-state index contributed by atoms with van der Waals surface area (Å²) >= 11 is 1.54. The van der Waals surface area contributed by atoms with E-state index in [0.717, 1.165) is 15.2 Å². The van der Waals surface area contributed by atoms with Crippen molar-refractivity contribution in [1.29, 1.82) is 0 Å². The van der Waals surface area contributed by atoms with Gasteiger partial charge in [-0.15, -0.1) is 11.3 Å². The van der Waals surface area contributed by atoms with Crippen LogP contribution in [0.1, 0.15) is 23.0 Å². The fourth-order valence-corrected chi connectivity index (χ4v) is 4.93. The van der Waals surface area contributed by atoms with Gasteiger partial charge < -0.3 is 9.73 Å². The number of furan rings is 1. The fourth-order valence-electron chi connectivity index (χ4n) is 2.91. The molecule has 2 N–H and O–H groups in total. The molecule has 154 valence electrons. The number of rotatable bonds is 7. The first kappa shape index (κ1) is 20.3. The lowest BCUT2D eigenvalue weighted by Gasteiger charge is -2.07. The molecule has 2 heterocycles. The van der Waals surface area contributed by atoms with Crippen LogP contribution in [0.15, 0.2) is 70.0 Å². The Balaban J connectivity index is 1.45. The van der Waals surface area contributed by atoms with Crippen LogP contribution in [0.3, 0.4) is 0 Å². The highest BCUT2D eigenvalue weighted by molar-refractivity contribution is 7.89. The van der Waals surface area contributed by atoms with Crippen molar-refractivity contribution in [1.82, 2.24) is 15.0 Å². The van der Waals surface area contributed by atoms with Gasteiger partial charge in [-0.1, -0.05) is 25.1 Å².